The molecular weight excluding hydrogens is 428 g/mol. The number of rotatable bonds is 5. The first-order valence-electron chi connectivity index (χ1n) is 10.2. The van der Waals surface area contributed by atoms with E-state index >= 15 is 0 Å². The molecule has 0 spiro atoms. The van der Waals surface area contributed by atoms with Gasteiger partial charge in [-0.25, -0.2) is 19.6 Å². The van der Waals surface area contributed by atoms with Gasteiger partial charge in [0.05, 0.1) is 38.0 Å². The Balaban J connectivity index is 1.40. The van der Waals surface area contributed by atoms with Gasteiger partial charge in [-0.2, -0.15) is 5.10 Å². The fourth-order valence-corrected chi connectivity index (χ4v) is 3.77. The van der Waals surface area contributed by atoms with Crippen LogP contribution in [-0.2, 0) is 11.3 Å². The van der Waals surface area contributed by atoms with Gasteiger partial charge in [0, 0.05) is 18.0 Å². The summed E-state index contributed by atoms with van der Waals surface area (Å²) in [5.74, 6) is 2.12. The number of hydrogen-bond donors (Lipinski definition) is 0. The van der Waals surface area contributed by atoms with E-state index in [2.05, 4.69) is 15.1 Å². The summed E-state index contributed by atoms with van der Waals surface area (Å²) < 4.78 is 15.4. The second-order valence-corrected chi connectivity index (χ2v) is 7.79. The minimum absolute atomic E-state index is 0.318. The highest BCUT2D eigenvalue weighted by atomic mass is 35.5. The zero-order chi connectivity index (χ0) is 22.1. The van der Waals surface area contributed by atoms with E-state index < -0.39 is 0 Å². The second kappa shape index (κ2) is 8.57. The highest BCUT2D eigenvalue weighted by molar-refractivity contribution is 6.29. The molecule has 0 amide bonds. The zero-order valence-corrected chi connectivity index (χ0v) is 18.4. The Labute approximate surface area is 190 Å². The Kier molecular flexibility index (Phi) is 5.46. The lowest BCUT2D eigenvalue weighted by Gasteiger charge is -2.22. The molecule has 0 saturated carbocycles. The van der Waals surface area contributed by atoms with Gasteiger partial charge in [-0.05, 0) is 36.8 Å². The van der Waals surface area contributed by atoms with Gasteiger partial charge in [0.2, 0.25) is 0 Å². The van der Waals surface area contributed by atoms with E-state index in [4.69, 9.17) is 26.1 Å². The van der Waals surface area contributed by atoms with Crippen LogP contribution in [0.4, 0.5) is 0 Å². The van der Waals surface area contributed by atoms with Crippen molar-refractivity contribution in [3.05, 3.63) is 82.7 Å². The number of halogens is 1. The molecule has 0 N–H and O–H groups in total. The molecule has 0 radical (unpaired) electrons. The molecule has 0 saturated heterocycles. The molecule has 5 rings (SSSR count). The first kappa shape index (κ1) is 20.4. The van der Waals surface area contributed by atoms with Crippen molar-refractivity contribution in [2.24, 2.45) is 0 Å². The lowest BCUT2D eigenvalue weighted by molar-refractivity contribution is 0.0388. The van der Waals surface area contributed by atoms with Gasteiger partial charge in [-0.1, -0.05) is 29.8 Å². The molecule has 3 aromatic heterocycles. The van der Waals surface area contributed by atoms with Crippen LogP contribution in [-0.4, -0.2) is 43.0 Å². The molecule has 1 aliphatic rings. The van der Waals surface area contributed by atoms with Crippen LogP contribution < -0.4 is 4.74 Å². The third kappa shape index (κ3) is 4.02. The summed E-state index contributed by atoms with van der Waals surface area (Å²) in [4.78, 5) is 13.1. The molecule has 0 bridgehead atoms. The third-order valence-electron chi connectivity index (χ3n) is 5.21. The fraction of sp³-hybridized carbons (Fsp3) is 0.217. The molecule has 1 aliphatic heterocycles. The summed E-state index contributed by atoms with van der Waals surface area (Å²) in [5.41, 5.74) is 3.75. The molecule has 1 atom stereocenters. The lowest BCUT2D eigenvalue weighted by Crippen LogP contribution is -2.23. The maximum atomic E-state index is 5.94. The van der Waals surface area contributed by atoms with Crippen LogP contribution in [0.3, 0.4) is 0 Å². The molecule has 8 nitrogen and oxygen atoms in total. The number of nitrogens with zero attached hydrogens (tertiary/aromatic N) is 6. The van der Waals surface area contributed by atoms with Crippen molar-refractivity contribution in [1.82, 2.24) is 29.3 Å². The molecule has 32 heavy (non-hydrogen) atoms. The highest BCUT2D eigenvalue weighted by Gasteiger charge is 2.26. The molecule has 1 unspecified atom stereocenters. The summed E-state index contributed by atoms with van der Waals surface area (Å²) in [6.07, 6.45) is 8.98. The molecule has 1 aromatic carbocycles. The number of hydrogen-bond acceptors (Lipinski definition) is 6. The van der Waals surface area contributed by atoms with Crippen molar-refractivity contribution in [2.75, 3.05) is 13.7 Å². The van der Waals surface area contributed by atoms with Gasteiger partial charge in [-0.15, -0.1) is 0 Å². The van der Waals surface area contributed by atoms with Crippen LogP contribution in [0.5, 0.6) is 5.75 Å². The van der Waals surface area contributed by atoms with Crippen molar-refractivity contribution in [2.45, 2.75) is 19.6 Å². The number of aromatic nitrogens is 6. The van der Waals surface area contributed by atoms with Crippen molar-refractivity contribution >= 4 is 23.8 Å². The minimum Gasteiger partial charge on any atom is -0.495 e. The summed E-state index contributed by atoms with van der Waals surface area (Å²) in [7, 11) is 1.66. The Morgan fingerprint density at radius 1 is 1.19 bits per heavy atom. The molecule has 4 aromatic rings. The van der Waals surface area contributed by atoms with Crippen molar-refractivity contribution < 1.29 is 9.47 Å². The van der Waals surface area contributed by atoms with Crippen LogP contribution in [0.15, 0.2) is 49.1 Å². The van der Waals surface area contributed by atoms with Crippen LogP contribution in [0, 0.1) is 6.92 Å². The number of aryl methyl sites for hydroxylation is 1. The number of ether oxygens (including phenoxy) is 2. The van der Waals surface area contributed by atoms with Gasteiger partial charge in [-0.3, -0.25) is 0 Å². The molecule has 0 fully saturated rings. The van der Waals surface area contributed by atoms with Crippen LogP contribution in [0.2, 0.25) is 5.15 Å². The summed E-state index contributed by atoms with van der Waals surface area (Å²) in [6, 6.07) is 9.64. The predicted molar refractivity (Wildman–Crippen MR) is 121 cm³/mol. The van der Waals surface area contributed by atoms with Gasteiger partial charge >= 0.3 is 0 Å². The van der Waals surface area contributed by atoms with Gasteiger partial charge < -0.3 is 14.0 Å². The standard InChI is InChI=1S/C23H21ClN6O2/c1-15-13-29(14-26-15)18-6-3-16(11-19(18)31-2)4-8-21-27-23-22(32-10-9-30(23)28-21)17-5-7-20(24)25-12-17/h3-8,11-14,22H,9-10H2,1-2H3. The molecule has 162 valence electrons. The van der Waals surface area contributed by atoms with E-state index in [0.717, 1.165) is 34.1 Å². The van der Waals surface area contributed by atoms with E-state index in [-0.39, 0.29) is 6.10 Å². The molecular formula is C23H21ClN6O2. The minimum atomic E-state index is -0.318. The van der Waals surface area contributed by atoms with Crippen LogP contribution >= 0.6 is 11.6 Å². The van der Waals surface area contributed by atoms with Crippen molar-refractivity contribution in [1.29, 1.82) is 0 Å². The Hall–Kier alpha value is -3.49. The first-order chi connectivity index (χ1) is 15.6. The number of benzene rings is 1. The topological polar surface area (TPSA) is 79.9 Å². The van der Waals surface area contributed by atoms with Crippen molar-refractivity contribution in [3.8, 4) is 11.4 Å². The fourth-order valence-electron chi connectivity index (χ4n) is 3.66. The van der Waals surface area contributed by atoms with E-state index in [1.54, 1.807) is 25.7 Å². The summed E-state index contributed by atoms with van der Waals surface area (Å²) >= 11 is 5.91. The highest BCUT2D eigenvalue weighted by Crippen LogP contribution is 2.29. The lowest BCUT2D eigenvalue weighted by atomic mass is 10.1. The van der Waals surface area contributed by atoms with E-state index in [1.165, 1.54) is 0 Å². The average molecular weight is 449 g/mol. The average Bonchev–Trinajstić information content (AvgIpc) is 3.43. The maximum absolute atomic E-state index is 5.94. The van der Waals surface area contributed by atoms with E-state index in [0.29, 0.717) is 24.1 Å². The van der Waals surface area contributed by atoms with E-state index in [9.17, 15) is 0 Å². The van der Waals surface area contributed by atoms with Gasteiger partial charge in [0.15, 0.2) is 11.6 Å². The number of fused-ring (bicyclic) bond motifs is 1. The Morgan fingerprint density at radius 2 is 2.09 bits per heavy atom. The third-order valence-corrected chi connectivity index (χ3v) is 5.43. The maximum Gasteiger partial charge on any atom is 0.174 e. The normalized spacial score (nSPS) is 15.8. The molecule has 9 heteroatoms. The second-order valence-electron chi connectivity index (χ2n) is 7.40. The largest absolute Gasteiger partial charge is 0.495 e. The number of methoxy groups -OCH3 is 1. The van der Waals surface area contributed by atoms with Crippen LogP contribution in [0.1, 0.15) is 34.6 Å². The summed E-state index contributed by atoms with van der Waals surface area (Å²) in [5, 5.41) is 5.06. The quantitative estimate of drug-likeness (QED) is 0.427. The Morgan fingerprint density at radius 3 is 2.84 bits per heavy atom. The monoisotopic (exact) mass is 448 g/mol. The Bertz CT molecular complexity index is 1280. The first-order valence-corrected chi connectivity index (χ1v) is 10.5. The predicted octanol–water partition coefficient (Wildman–Crippen LogP) is 4.12. The van der Waals surface area contributed by atoms with E-state index in [1.807, 2.05) is 58.8 Å². The zero-order valence-electron chi connectivity index (χ0n) is 17.6. The number of imidazole rings is 1. The van der Waals surface area contributed by atoms with Crippen molar-refractivity contribution in [3.63, 3.8) is 0 Å². The molecule has 4 heterocycles. The molecule has 0 aliphatic carbocycles. The van der Waals surface area contributed by atoms with Crippen LogP contribution in [0.25, 0.3) is 17.8 Å². The van der Waals surface area contributed by atoms with Gasteiger partial charge in [0.1, 0.15) is 17.0 Å². The SMILES string of the molecule is COc1cc(C=Cc2nc3n(n2)CCOC3c2ccc(Cl)nc2)ccc1-n1cnc(C)c1. The number of pyridine rings is 1. The summed E-state index contributed by atoms with van der Waals surface area (Å²) in [6.45, 7) is 3.16. The smallest absolute Gasteiger partial charge is 0.174 e. The van der Waals surface area contributed by atoms with Gasteiger partial charge in [0.25, 0.3) is 0 Å².